The van der Waals surface area contributed by atoms with Crippen LogP contribution in [0.2, 0.25) is 0 Å². The predicted molar refractivity (Wildman–Crippen MR) is 138 cm³/mol. The number of carbonyl (C=O) groups is 4. The summed E-state index contributed by atoms with van der Waals surface area (Å²) in [5.74, 6) is -3.11. The molecule has 0 aliphatic carbocycles. The van der Waals surface area contributed by atoms with Crippen molar-refractivity contribution < 1.29 is 24.3 Å². The highest BCUT2D eigenvalue weighted by Gasteiger charge is 2.38. The Morgan fingerprint density at radius 1 is 0.944 bits per heavy atom. The number of carboxylic acids is 1. The van der Waals surface area contributed by atoms with E-state index in [2.05, 4.69) is 33.2 Å². The second-order valence-electron chi connectivity index (χ2n) is 8.34. The minimum absolute atomic E-state index is 0.0631. The molecule has 15 nitrogen and oxygen atoms in total. The zero-order chi connectivity index (χ0) is 27.3. The van der Waals surface area contributed by atoms with E-state index in [1.807, 2.05) is 0 Å². The smallest absolute Gasteiger partial charge is 0.326 e. The molecule has 1 saturated heterocycles. The van der Waals surface area contributed by atoms with Crippen LogP contribution in [0.25, 0.3) is 0 Å². The number of thiol groups is 1. The van der Waals surface area contributed by atoms with Gasteiger partial charge in [-0.25, -0.2) is 4.79 Å². The Hall–Kier alpha value is -3.27. The molecule has 204 valence electrons. The van der Waals surface area contributed by atoms with Crippen molar-refractivity contribution in [2.75, 3.05) is 25.4 Å². The second kappa shape index (κ2) is 15.7. The molecule has 0 radical (unpaired) electrons. The number of nitrogens with zero attached hydrogens (tertiary/aromatic N) is 3. The lowest BCUT2D eigenvalue weighted by molar-refractivity contribution is -0.149. The number of likely N-dealkylation sites (tertiary alicyclic amines) is 1. The average Bonchev–Trinajstić information content (AvgIpc) is 3.31. The summed E-state index contributed by atoms with van der Waals surface area (Å²) in [6.45, 7) is 0.782. The number of guanidine groups is 2. The van der Waals surface area contributed by atoms with Gasteiger partial charge in [-0.15, -0.1) is 0 Å². The van der Waals surface area contributed by atoms with E-state index in [0.717, 1.165) is 0 Å². The van der Waals surface area contributed by atoms with E-state index in [0.29, 0.717) is 32.2 Å². The Labute approximate surface area is 215 Å². The summed E-state index contributed by atoms with van der Waals surface area (Å²) in [4.78, 5) is 59.0. The number of amides is 3. The van der Waals surface area contributed by atoms with E-state index in [9.17, 15) is 24.3 Å². The fourth-order valence-corrected chi connectivity index (χ4v) is 3.89. The van der Waals surface area contributed by atoms with Gasteiger partial charge in [0.25, 0.3) is 0 Å². The number of rotatable bonds is 15. The third-order valence-electron chi connectivity index (χ3n) is 5.50. The summed E-state index contributed by atoms with van der Waals surface area (Å²) in [6, 6.07) is -4.00. The van der Waals surface area contributed by atoms with Gasteiger partial charge in [0, 0.05) is 25.4 Å². The first-order chi connectivity index (χ1) is 17.0. The van der Waals surface area contributed by atoms with Crippen LogP contribution in [0.4, 0.5) is 0 Å². The Kier molecular flexibility index (Phi) is 13.4. The molecular weight excluding hydrogens is 492 g/mol. The highest BCUT2D eigenvalue weighted by atomic mass is 32.1. The van der Waals surface area contributed by atoms with Gasteiger partial charge in [-0.05, 0) is 38.5 Å². The summed E-state index contributed by atoms with van der Waals surface area (Å²) >= 11 is 4.15. The largest absolute Gasteiger partial charge is 0.480 e. The molecule has 1 heterocycles. The quantitative estimate of drug-likeness (QED) is 0.0434. The van der Waals surface area contributed by atoms with Crippen LogP contribution in [0.3, 0.4) is 0 Å². The fraction of sp³-hybridized carbons (Fsp3) is 0.700. The molecule has 0 spiro atoms. The van der Waals surface area contributed by atoms with Crippen LogP contribution < -0.4 is 39.3 Å². The number of hydrogen-bond acceptors (Lipinski definition) is 8. The van der Waals surface area contributed by atoms with Gasteiger partial charge in [0.15, 0.2) is 11.9 Å². The van der Waals surface area contributed by atoms with Crippen molar-refractivity contribution in [1.29, 1.82) is 0 Å². The van der Waals surface area contributed by atoms with Gasteiger partial charge < -0.3 is 49.3 Å². The van der Waals surface area contributed by atoms with Crippen molar-refractivity contribution in [3.05, 3.63) is 0 Å². The van der Waals surface area contributed by atoms with Gasteiger partial charge in [0.1, 0.15) is 18.1 Å². The van der Waals surface area contributed by atoms with Crippen LogP contribution in [0.5, 0.6) is 0 Å². The summed E-state index contributed by atoms with van der Waals surface area (Å²) < 4.78 is 0. The van der Waals surface area contributed by atoms with Crippen LogP contribution in [0.15, 0.2) is 9.98 Å². The molecule has 1 aliphatic heterocycles. The summed E-state index contributed by atoms with van der Waals surface area (Å²) in [6.07, 6.45) is 2.10. The molecule has 0 aromatic carbocycles. The van der Waals surface area contributed by atoms with Crippen molar-refractivity contribution in [3.63, 3.8) is 0 Å². The van der Waals surface area contributed by atoms with Crippen LogP contribution in [-0.2, 0) is 19.2 Å². The number of nitrogens with two attached hydrogens (primary N) is 5. The topological polar surface area (TPSA) is 271 Å². The molecule has 1 fully saturated rings. The van der Waals surface area contributed by atoms with Crippen molar-refractivity contribution >= 4 is 48.2 Å². The minimum Gasteiger partial charge on any atom is -0.480 e. The van der Waals surface area contributed by atoms with Crippen molar-refractivity contribution in [1.82, 2.24) is 15.5 Å². The average molecular weight is 531 g/mol. The highest BCUT2D eigenvalue weighted by molar-refractivity contribution is 7.80. The number of nitrogens with one attached hydrogen (secondary N) is 2. The van der Waals surface area contributed by atoms with Gasteiger partial charge in [0.05, 0.1) is 6.04 Å². The van der Waals surface area contributed by atoms with E-state index < -0.39 is 47.9 Å². The number of carbonyl (C=O) groups excluding carboxylic acids is 3. The molecule has 4 atom stereocenters. The highest BCUT2D eigenvalue weighted by Crippen LogP contribution is 2.19. The molecule has 36 heavy (non-hydrogen) atoms. The number of aliphatic carboxylic acids is 1. The molecule has 1 aliphatic rings. The number of aliphatic imine (C=N–C) groups is 2. The zero-order valence-electron chi connectivity index (χ0n) is 20.1. The fourth-order valence-electron chi connectivity index (χ4n) is 3.65. The zero-order valence-corrected chi connectivity index (χ0v) is 21.0. The molecule has 0 bridgehead atoms. The first-order valence-corrected chi connectivity index (χ1v) is 12.2. The third-order valence-corrected chi connectivity index (χ3v) is 5.87. The maximum Gasteiger partial charge on any atom is 0.326 e. The molecule has 1 rings (SSSR count). The third kappa shape index (κ3) is 10.6. The maximum absolute atomic E-state index is 13.1. The summed E-state index contributed by atoms with van der Waals surface area (Å²) in [5.41, 5.74) is 27.1. The monoisotopic (exact) mass is 530 g/mol. The molecule has 0 aromatic heterocycles. The summed E-state index contributed by atoms with van der Waals surface area (Å²) in [5, 5.41) is 14.5. The Morgan fingerprint density at radius 2 is 1.50 bits per heavy atom. The first-order valence-electron chi connectivity index (χ1n) is 11.6. The Balaban J connectivity index is 2.85. The standard InChI is InChI=1S/C20H38N10O5S/c21-11(4-1-7-26-19(22)23)15(31)28-12(5-2-8-27-20(24)25)16(32)29-13(10-36)17(33)30-9-3-6-14(30)18(34)35/h11-14,36H,1-10,21H2,(H,28,31)(H,29,32)(H,34,35)(H4,22,23,26)(H4,24,25,27). The Morgan fingerprint density at radius 3 is 2.03 bits per heavy atom. The molecule has 4 unspecified atom stereocenters. The molecular formula is C20H38N10O5S. The second-order valence-corrected chi connectivity index (χ2v) is 8.70. The van der Waals surface area contributed by atoms with Gasteiger partial charge in [-0.3, -0.25) is 24.4 Å². The lowest BCUT2D eigenvalue weighted by atomic mass is 10.1. The van der Waals surface area contributed by atoms with Crippen LogP contribution in [-0.4, -0.2) is 95.2 Å². The lowest BCUT2D eigenvalue weighted by Gasteiger charge is -2.28. The first kappa shape index (κ1) is 30.8. The van der Waals surface area contributed by atoms with E-state index in [4.69, 9.17) is 28.7 Å². The summed E-state index contributed by atoms with van der Waals surface area (Å²) in [7, 11) is 0. The minimum atomic E-state index is -1.11. The van der Waals surface area contributed by atoms with Crippen LogP contribution in [0.1, 0.15) is 38.5 Å². The van der Waals surface area contributed by atoms with Gasteiger partial charge in [0.2, 0.25) is 17.7 Å². The van der Waals surface area contributed by atoms with Crippen molar-refractivity contribution in [2.24, 2.45) is 38.7 Å². The van der Waals surface area contributed by atoms with Crippen molar-refractivity contribution in [3.8, 4) is 0 Å². The molecule has 13 N–H and O–H groups in total. The SMILES string of the molecule is NC(N)=NCCCC(N)C(=O)NC(CCCN=C(N)N)C(=O)NC(CS)C(=O)N1CCCC1C(=O)O. The van der Waals surface area contributed by atoms with Gasteiger partial charge in [-0.2, -0.15) is 12.6 Å². The molecule has 0 saturated carbocycles. The number of carboxylic acid groups (broad SMARTS) is 1. The van der Waals surface area contributed by atoms with E-state index in [1.165, 1.54) is 4.90 Å². The number of hydrogen-bond donors (Lipinski definition) is 9. The molecule has 3 amide bonds. The van der Waals surface area contributed by atoms with E-state index >= 15 is 0 Å². The van der Waals surface area contributed by atoms with E-state index in [1.54, 1.807) is 0 Å². The van der Waals surface area contributed by atoms with Crippen LogP contribution >= 0.6 is 12.6 Å². The lowest BCUT2D eigenvalue weighted by Crippen LogP contribution is -2.57. The van der Waals surface area contributed by atoms with E-state index in [-0.39, 0.29) is 43.6 Å². The predicted octanol–water partition coefficient (Wildman–Crippen LogP) is -3.60. The maximum atomic E-state index is 13.1. The Bertz CT molecular complexity index is 832. The van der Waals surface area contributed by atoms with Gasteiger partial charge >= 0.3 is 5.97 Å². The van der Waals surface area contributed by atoms with Crippen molar-refractivity contribution in [2.45, 2.75) is 62.7 Å². The van der Waals surface area contributed by atoms with Gasteiger partial charge in [-0.1, -0.05) is 0 Å². The molecule has 0 aromatic rings. The van der Waals surface area contributed by atoms with Crippen LogP contribution in [0, 0.1) is 0 Å². The molecule has 16 heteroatoms. The normalized spacial score (nSPS) is 17.4.